The van der Waals surface area contributed by atoms with Crippen molar-refractivity contribution >= 4 is 11.8 Å². The van der Waals surface area contributed by atoms with Gasteiger partial charge in [0.05, 0.1) is 7.11 Å². The number of Topliss-reactive ketones (excluding diaryl/α,β-unsaturated/α-hetero) is 1. The summed E-state index contributed by atoms with van der Waals surface area (Å²) in [4.78, 5) is 24.3. The van der Waals surface area contributed by atoms with E-state index in [4.69, 9.17) is 4.74 Å². The largest absolute Gasteiger partial charge is 0.468 e. The first-order valence-corrected chi connectivity index (χ1v) is 6.89. The molecule has 1 aliphatic rings. The van der Waals surface area contributed by atoms with Crippen molar-refractivity contribution in [1.29, 1.82) is 0 Å². The summed E-state index contributed by atoms with van der Waals surface area (Å²) in [6, 6.07) is 4.14. The lowest BCUT2D eigenvalue weighted by atomic mass is 9.77. The first kappa shape index (κ1) is 13.8. The molecule has 0 heterocycles. The molecule has 0 radical (unpaired) electrons. The molecule has 1 aromatic rings. The molecular weight excluding hydrogens is 240 g/mol. The zero-order chi connectivity index (χ0) is 14.0. The van der Waals surface area contributed by atoms with Gasteiger partial charge in [0, 0.05) is 5.56 Å². The van der Waals surface area contributed by atoms with Crippen LogP contribution in [0.15, 0.2) is 12.1 Å². The van der Waals surface area contributed by atoms with Gasteiger partial charge in [0.2, 0.25) is 0 Å². The number of carbonyl (C=O) groups is 2. The van der Waals surface area contributed by atoms with Crippen LogP contribution in [0.5, 0.6) is 0 Å². The van der Waals surface area contributed by atoms with Crippen LogP contribution < -0.4 is 0 Å². The van der Waals surface area contributed by atoms with Crippen LogP contribution in [0.25, 0.3) is 0 Å². The van der Waals surface area contributed by atoms with E-state index in [1.807, 2.05) is 13.0 Å². The molecule has 1 atom stereocenters. The Labute approximate surface area is 114 Å². The van der Waals surface area contributed by atoms with Crippen molar-refractivity contribution in [2.24, 2.45) is 5.92 Å². The van der Waals surface area contributed by atoms with E-state index in [-0.39, 0.29) is 5.78 Å². The van der Waals surface area contributed by atoms with Gasteiger partial charge in [-0.15, -0.1) is 0 Å². The van der Waals surface area contributed by atoms with Gasteiger partial charge in [-0.2, -0.15) is 0 Å². The monoisotopic (exact) mass is 260 g/mol. The second kappa shape index (κ2) is 5.55. The molecule has 3 heteroatoms. The van der Waals surface area contributed by atoms with Crippen molar-refractivity contribution in [1.82, 2.24) is 0 Å². The molecule has 3 nitrogen and oxygen atoms in total. The SMILES string of the molecule is CCc1ccc(CC)c2c1CCC(C(=O)OC)C2=O. The smallest absolute Gasteiger partial charge is 0.316 e. The highest BCUT2D eigenvalue weighted by atomic mass is 16.5. The van der Waals surface area contributed by atoms with E-state index in [1.165, 1.54) is 12.7 Å². The molecule has 1 unspecified atom stereocenters. The minimum atomic E-state index is -0.616. The number of hydrogen-bond acceptors (Lipinski definition) is 3. The van der Waals surface area contributed by atoms with Crippen molar-refractivity contribution < 1.29 is 14.3 Å². The van der Waals surface area contributed by atoms with Crippen LogP contribution in [0.3, 0.4) is 0 Å². The molecular formula is C16H20O3. The number of carbonyl (C=O) groups excluding carboxylic acids is 2. The van der Waals surface area contributed by atoms with E-state index in [0.717, 1.165) is 36.0 Å². The molecule has 2 rings (SSSR count). The van der Waals surface area contributed by atoms with Crippen molar-refractivity contribution in [2.45, 2.75) is 39.5 Å². The average molecular weight is 260 g/mol. The van der Waals surface area contributed by atoms with E-state index in [1.54, 1.807) is 0 Å². The Hall–Kier alpha value is -1.64. The third-order valence-corrected chi connectivity index (χ3v) is 3.99. The minimum absolute atomic E-state index is 0.0553. The lowest BCUT2D eigenvalue weighted by molar-refractivity contribution is -0.143. The van der Waals surface area contributed by atoms with Crippen LogP contribution in [0.2, 0.25) is 0 Å². The fourth-order valence-electron chi connectivity index (χ4n) is 2.92. The summed E-state index contributed by atoms with van der Waals surface area (Å²) in [5, 5.41) is 0. The number of fused-ring (bicyclic) bond motifs is 1. The number of benzene rings is 1. The third kappa shape index (κ3) is 2.29. The second-order valence-corrected chi connectivity index (χ2v) is 4.92. The molecule has 1 aliphatic carbocycles. The van der Waals surface area contributed by atoms with Crippen LogP contribution in [0.1, 0.15) is 47.3 Å². The molecule has 0 spiro atoms. The fourth-order valence-corrected chi connectivity index (χ4v) is 2.92. The van der Waals surface area contributed by atoms with E-state index < -0.39 is 11.9 Å². The molecule has 0 saturated carbocycles. The van der Waals surface area contributed by atoms with Crippen molar-refractivity contribution in [2.75, 3.05) is 7.11 Å². The highest BCUT2D eigenvalue weighted by Gasteiger charge is 2.35. The summed E-state index contributed by atoms with van der Waals surface area (Å²) >= 11 is 0. The quantitative estimate of drug-likeness (QED) is 0.620. The highest BCUT2D eigenvalue weighted by Crippen LogP contribution is 2.32. The van der Waals surface area contributed by atoms with Gasteiger partial charge < -0.3 is 4.74 Å². The molecule has 19 heavy (non-hydrogen) atoms. The average Bonchev–Trinajstić information content (AvgIpc) is 2.45. The normalized spacial score (nSPS) is 18.1. The molecule has 102 valence electrons. The van der Waals surface area contributed by atoms with Gasteiger partial charge in [0.1, 0.15) is 5.92 Å². The van der Waals surface area contributed by atoms with Crippen LogP contribution >= 0.6 is 0 Å². The lowest BCUT2D eigenvalue weighted by Gasteiger charge is -2.25. The van der Waals surface area contributed by atoms with Crippen LogP contribution in [-0.2, 0) is 28.8 Å². The maximum atomic E-state index is 12.6. The van der Waals surface area contributed by atoms with E-state index >= 15 is 0 Å². The maximum absolute atomic E-state index is 12.6. The van der Waals surface area contributed by atoms with E-state index in [2.05, 4.69) is 13.0 Å². The number of ketones is 1. The Bertz CT molecular complexity index is 517. The lowest BCUT2D eigenvalue weighted by Crippen LogP contribution is -2.31. The Morgan fingerprint density at radius 3 is 2.47 bits per heavy atom. The molecule has 0 aliphatic heterocycles. The van der Waals surface area contributed by atoms with Crippen LogP contribution in [-0.4, -0.2) is 18.9 Å². The van der Waals surface area contributed by atoms with E-state index in [9.17, 15) is 9.59 Å². The summed E-state index contributed by atoms with van der Waals surface area (Å²) in [6.45, 7) is 4.13. The van der Waals surface area contributed by atoms with Crippen molar-refractivity contribution in [3.8, 4) is 0 Å². The molecule has 0 saturated heterocycles. The predicted octanol–water partition coefficient (Wildman–Crippen LogP) is 2.73. The van der Waals surface area contributed by atoms with Crippen LogP contribution in [0.4, 0.5) is 0 Å². The Morgan fingerprint density at radius 2 is 1.89 bits per heavy atom. The molecule has 0 fully saturated rings. The molecule has 0 bridgehead atoms. The summed E-state index contributed by atoms with van der Waals surface area (Å²) in [7, 11) is 1.34. The highest BCUT2D eigenvalue weighted by molar-refractivity contribution is 6.11. The first-order chi connectivity index (χ1) is 9.13. The molecule has 0 N–H and O–H groups in total. The summed E-state index contributed by atoms with van der Waals surface area (Å²) < 4.78 is 4.75. The Morgan fingerprint density at radius 1 is 1.26 bits per heavy atom. The summed E-state index contributed by atoms with van der Waals surface area (Å²) in [5.41, 5.74) is 4.20. The van der Waals surface area contributed by atoms with Crippen molar-refractivity contribution in [3.05, 3.63) is 34.4 Å². The maximum Gasteiger partial charge on any atom is 0.316 e. The first-order valence-electron chi connectivity index (χ1n) is 6.89. The third-order valence-electron chi connectivity index (χ3n) is 3.99. The Kier molecular flexibility index (Phi) is 4.03. The fraction of sp³-hybridized carbons (Fsp3) is 0.500. The van der Waals surface area contributed by atoms with Gasteiger partial charge in [0.25, 0.3) is 0 Å². The number of hydrogen-bond donors (Lipinski definition) is 0. The zero-order valence-electron chi connectivity index (χ0n) is 11.8. The van der Waals surface area contributed by atoms with Gasteiger partial charge in [0.15, 0.2) is 5.78 Å². The number of aryl methyl sites for hydroxylation is 2. The molecule has 1 aromatic carbocycles. The summed E-state index contributed by atoms with van der Waals surface area (Å²) in [6.07, 6.45) is 3.09. The van der Waals surface area contributed by atoms with Gasteiger partial charge in [-0.1, -0.05) is 26.0 Å². The topological polar surface area (TPSA) is 43.4 Å². The second-order valence-electron chi connectivity index (χ2n) is 4.92. The van der Waals surface area contributed by atoms with Gasteiger partial charge in [-0.05, 0) is 42.4 Å². The number of rotatable bonds is 3. The zero-order valence-corrected chi connectivity index (χ0v) is 11.8. The van der Waals surface area contributed by atoms with Gasteiger partial charge >= 0.3 is 5.97 Å². The van der Waals surface area contributed by atoms with Crippen molar-refractivity contribution in [3.63, 3.8) is 0 Å². The van der Waals surface area contributed by atoms with E-state index in [0.29, 0.717) is 6.42 Å². The number of esters is 1. The Balaban J connectivity index is 2.52. The predicted molar refractivity (Wildman–Crippen MR) is 73.4 cm³/mol. The number of methoxy groups -OCH3 is 1. The molecule has 0 amide bonds. The van der Waals surface area contributed by atoms with Crippen LogP contribution in [0, 0.1) is 5.92 Å². The summed E-state index contributed by atoms with van der Waals surface area (Å²) in [5.74, 6) is -1.07. The van der Waals surface area contributed by atoms with Gasteiger partial charge in [-0.3, -0.25) is 9.59 Å². The standard InChI is InChI=1S/C16H20O3/c1-4-10-6-7-11(5-2)14-12(10)8-9-13(15(14)17)16(18)19-3/h6-7,13H,4-5,8-9H2,1-3H3. The van der Waals surface area contributed by atoms with Gasteiger partial charge in [-0.25, -0.2) is 0 Å². The number of ether oxygens (including phenoxy) is 1. The minimum Gasteiger partial charge on any atom is -0.468 e. The molecule has 0 aromatic heterocycles.